The molecule has 0 fully saturated rings. The van der Waals surface area contributed by atoms with Crippen LogP contribution in [0.2, 0.25) is 0 Å². The molecule has 0 aliphatic rings. The lowest BCUT2D eigenvalue weighted by Crippen LogP contribution is -2.35. The van der Waals surface area contributed by atoms with Gasteiger partial charge in [0.05, 0.1) is 6.04 Å². The molecule has 130 valence electrons. The largest absolute Gasteiger partial charge is 0.321 e. The highest BCUT2D eigenvalue weighted by molar-refractivity contribution is 5.83. The summed E-state index contributed by atoms with van der Waals surface area (Å²) < 4.78 is 0. The van der Waals surface area contributed by atoms with Gasteiger partial charge in [0.15, 0.2) is 0 Å². The van der Waals surface area contributed by atoms with Gasteiger partial charge in [-0.3, -0.25) is 4.79 Å². The SMILES string of the molecule is CC(C)[C@H](N)C(=O)CCCCCCCCCCCCCC=O. The van der Waals surface area contributed by atoms with Crippen LogP contribution in [0.5, 0.6) is 0 Å². The van der Waals surface area contributed by atoms with Crippen LogP contribution in [0, 0.1) is 5.92 Å². The first-order valence-corrected chi connectivity index (χ1v) is 9.31. The van der Waals surface area contributed by atoms with Crippen molar-refractivity contribution in [1.82, 2.24) is 0 Å². The number of carbonyl (C=O) groups excluding carboxylic acids is 2. The molecule has 3 nitrogen and oxygen atoms in total. The van der Waals surface area contributed by atoms with E-state index in [0.29, 0.717) is 6.42 Å². The van der Waals surface area contributed by atoms with Crippen molar-refractivity contribution in [1.29, 1.82) is 0 Å². The number of unbranched alkanes of at least 4 members (excludes halogenated alkanes) is 11. The standard InChI is InChI=1S/C19H37NO2/c1-17(2)19(20)18(22)15-13-11-9-7-5-3-4-6-8-10-12-14-16-21/h16-17,19H,3-15,20H2,1-2H3/t19-/m0/s1. The van der Waals surface area contributed by atoms with Gasteiger partial charge in [0.2, 0.25) is 0 Å². The summed E-state index contributed by atoms with van der Waals surface area (Å²) in [5, 5.41) is 0. The van der Waals surface area contributed by atoms with Gasteiger partial charge in [0.1, 0.15) is 12.1 Å². The van der Waals surface area contributed by atoms with E-state index in [9.17, 15) is 9.59 Å². The van der Waals surface area contributed by atoms with Gasteiger partial charge in [0, 0.05) is 12.8 Å². The summed E-state index contributed by atoms with van der Waals surface area (Å²) in [6.45, 7) is 4.01. The number of carbonyl (C=O) groups is 2. The van der Waals surface area contributed by atoms with E-state index in [1.54, 1.807) is 0 Å². The highest BCUT2D eigenvalue weighted by Crippen LogP contribution is 2.13. The third-order valence-corrected chi connectivity index (χ3v) is 4.34. The third kappa shape index (κ3) is 13.0. The minimum atomic E-state index is -0.272. The van der Waals surface area contributed by atoms with Crippen molar-refractivity contribution in [3.63, 3.8) is 0 Å². The summed E-state index contributed by atoms with van der Waals surface area (Å²) >= 11 is 0. The van der Waals surface area contributed by atoms with Crippen LogP contribution in [-0.2, 0) is 9.59 Å². The highest BCUT2D eigenvalue weighted by Gasteiger charge is 2.15. The van der Waals surface area contributed by atoms with E-state index in [2.05, 4.69) is 0 Å². The van der Waals surface area contributed by atoms with E-state index < -0.39 is 0 Å². The molecule has 0 heterocycles. The number of hydrogen-bond donors (Lipinski definition) is 1. The maximum absolute atomic E-state index is 11.7. The molecule has 0 rings (SSSR count). The first-order chi connectivity index (χ1) is 10.6. The molecule has 0 aromatic rings. The normalized spacial score (nSPS) is 12.5. The van der Waals surface area contributed by atoms with Gasteiger partial charge in [-0.25, -0.2) is 0 Å². The van der Waals surface area contributed by atoms with Crippen LogP contribution >= 0.6 is 0 Å². The summed E-state index contributed by atoms with van der Waals surface area (Å²) in [6, 6.07) is -0.272. The average Bonchev–Trinajstić information content (AvgIpc) is 2.50. The summed E-state index contributed by atoms with van der Waals surface area (Å²) in [4.78, 5) is 21.9. The van der Waals surface area contributed by atoms with Crippen molar-refractivity contribution in [2.45, 2.75) is 103 Å². The molecule has 0 aromatic carbocycles. The van der Waals surface area contributed by atoms with E-state index in [1.165, 1.54) is 51.4 Å². The Kier molecular flexibility index (Phi) is 14.7. The molecule has 0 saturated heterocycles. The molecule has 0 aromatic heterocycles. The topological polar surface area (TPSA) is 60.2 Å². The number of rotatable bonds is 16. The Hall–Kier alpha value is -0.700. The lowest BCUT2D eigenvalue weighted by molar-refractivity contribution is -0.121. The van der Waals surface area contributed by atoms with E-state index >= 15 is 0 Å². The van der Waals surface area contributed by atoms with Gasteiger partial charge in [-0.05, 0) is 18.8 Å². The first-order valence-electron chi connectivity index (χ1n) is 9.31. The second kappa shape index (κ2) is 15.2. The molecule has 2 N–H and O–H groups in total. The predicted octanol–water partition coefficient (Wildman–Crippen LogP) is 4.81. The minimum absolute atomic E-state index is 0.226. The Morgan fingerprint density at radius 1 is 0.818 bits per heavy atom. The third-order valence-electron chi connectivity index (χ3n) is 4.34. The Labute approximate surface area is 137 Å². The maximum atomic E-state index is 11.7. The molecule has 0 aliphatic heterocycles. The second-order valence-electron chi connectivity index (χ2n) is 6.83. The molecule has 1 atom stereocenters. The van der Waals surface area contributed by atoms with Gasteiger partial charge in [-0.15, -0.1) is 0 Å². The predicted molar refractivity (Wildman–Crippen MR) is 93.9 cm³/mol. The molecule has 3 heteroatoms. The molecule has 0 unspecified atom stereocenters. The van der Waals surface area contributed by atoms with E-state index in [-0.39, 0.29) is 17.7 Å². The van der Waals surface area contributed by atoms with Crippen LogP contribution in [0.3, 0.4) is 0 Å². The van der Waals surface area contributed by atoms with Gasteiger partial charge >= 0.3 is 0 Å². The molecule has 0 saturated carbocycles. The van der Waals surface area contributed by atoms with Gasteiger partial charge in [-0.2, -0.15) is 0 Å². The monoisotopic (exact) mass is 311 g/mol. The number of ketones is 1. The highest BCUT2D eigenvalue weighted by atomic mass is 16.1. The average molecular weight is 312 g/mol. The van der Waals surface area contributed by atoms with Crippen LogP contribution in [0.25, 0.3) is 0 Å². The van der Waals surface area contributed by atoms with Crippen LogP contribution in [0.4, 0.5) is 0 Å². The second-order valence-corrected chi connectivity index (χ2v) is 6.83. The Balaban J connectivity index is 3.20. The quantitative estimate of drug-likeness (QED) is 0.329. The number of hydrogen-bond acceptors (Lipinski definition) is 3. The van der Waals surface area contributed by atoms with Crippen molar-refractivity contribution in [2.24, 2.45) is 11.7 Å². The summed E-state index contributed by atoms with van der Waals surface area (Å²) in [5.74, 6) is 0.482. The lowest BCUT2D eigenvalue weighted by Gasteiger charge is -2.13. The van der Waals surface area contributed by atoms with Gasteiger partial charge < -0.3 is 10.5 Å². The maximum Gasteiger partial charge on any atom is 0.149 e. The van der Waals surface area contributed by atoms with Crippen molar-refractivity contribution in [3.05, 3.63) is 0 Å². The summed E-state index contributed by atoms with van der Waals surface area (Å²) in [6.07, 6.45) is 15.9. The molecule has 0 bridgehead atoms. The zero-order chi connectivity index (χ0) is 16.6. The van der Waals surface area contributed by atoms with Crippen molar-refractivity contribution in [3.8, 4) is 0 Å². The van der Waals surface area contributed by atoms with Crippen molar-refractivity contribution >= 4 is 12.1 Å². The summed E-state index contributed by atoms with van der Waals surface area (Å²) in [7, 11) is 0. The Bertz CT molecular complexity index is 277. The fourth-order valence-corrected chi connectivity index (χ4v) is 2.66. The van der Waals surface area contributed by atoms with E-state index in [1.807, 2.05) is 13.8 Å². The van der Waals surface area contributed by atoms with E-state index in [0.717, 1.165) is 32.0 Å². The number of nitrogens with two attached hydrogens (primary N) is 1. The van der Waals surface area contributed by atoms with Crippen molar-refractivity contribution < 1.29 is 9.59 Å². The van der Waals surface area contributed by atoms with Crippen molar-refractivity contribution in [2.75, 3.05) is 0 Å². The minimum Gasteiger partial charge on any atom is -0.321 e. The van der Waals surface area contributed by atoms with Crippen LogP contribution in [0.15, 0.2) is 0 Å². The molecular weight excluding hydrogens is 274 g/mol. The summed E-state index contributed by atoms with van der Waals surface area (Å²) in [5.41, 5.74) is 5.84. The van der Waals surface area contributed by atoms with Crippen LogP contribution in [0.1, 0.15) is 97.3 Å². The van der Waals surface area contributed by atoms with Crippen LogP contribution < -0.4 is 5.73 Å². The molecular formula is C19H37NO2. The Morgan fingerprint density at radius 2 is 1.23 bits per heavy atom. The zero-order valence-electron chi connectivity index (χ0n) is 14.8. The Morgan fingerprint density at radius 3 is 1.64 bits per heavy atom. The first kappa shape index (κ1) is 21.3. The molecule has 0 radical (unpaired) electrons. The van der Waals surface area contributed by atoms with Gasteiger partial charge in [-0.1, -0.05) is 71.6 Å². The zero-order valence-corrected chi connectivity index (χ0v) is 14.8. The van der Waals surface area contributed by atoms with Crippen LogP contribution in [-0.4, -0.2) is 18.1 Å². The fourth-order valence-electron chi connectivity index (χ4n) is 2.66. The molecule has 22 heavy (non-hydrogen) atoms. The lowest BCUT2D eigenvalue weighted by atomic mass is 9.97. The number of Topliss-reactive ketones (excluding diaryl/α,β-unsaturated/α-hetero) is 1. The van der Waals surface area contributed by atoms with Gasteiger partial charge in [0.25, 0.3) is 0 Å². The van der Waals surface area contributed by atoms with E-state index in [4.69, 9.17) is 5.73 Å². The molecule has 0 amide bonds. The fraction of sp³-hybridized carbons (Fsp3) is 0.895. The smallest absolute Gasteiger partial charge is 0.149 e. The molecule has 0 aliphatic carbocycles. The molecule has 0 spiro atoms. The number of aldehydes is 1.